The van der Waals surface area contributed by atoms with Gasteiger partial charge >= 0.3 is 0 Å². The average Bonchev–Trinajstić information content (AvgIpc) is 2.41. The van der Waals surface area contributed by atoms with Gasteiger partial charge in [0.1, 0.15) is 0 Å². The Balaban J connectivity index is 0. The fourth-order valence-corrected chi connectivity index (χ4v) is 1.79. The summed E-state index contributed by atoms with van der Waals surface area (Å²) in [6.45, 7) is 7.33. The third kappa shape index (κ3) is 12.7. The number of halogens is 1. The van der Waals surface area contributed by atoms with Crippen LogP contribution in [0.4, 0.5) is 0 Å². The van der Waals surface area contributed by atoms with Gasteiger partial charge in [0.2, 0.25) is 0 Å². The van der Waals surface area contributed by atoms with Gasteiger partial charge in [0.05, 0.1) is 0 Å². The highest BCUT2D eigenvalue weighted by Gasteiger charge is 2.04. The highest BCUT2D eigenvalue weighted by Crippen LogP contribution is 2.04. The topological polar surface area (TPSA) is 45.7 Å². The van der Waals surface area contributed by atoms with E-state index in [2.05, 4.69) is 29.5 Å². The number of hydrogen-bond acceptors (Lipinski definition) is 2. The molecule has 0 atom stereocenters. The molecule has 0 aliphatic carbocycles. The summed E-state index contributed by atoms with van der Waals surface area (Å²) in [5.41, 5.74) is 0. The SMILES string of the molecule is CCC(CC)CNC(=NC)NCCCCCOC.I. The second kappa shape index (κ2) is 16.0. The molecular weight excluding hydrogens is 353 g/mol. The van der Waals surface area contributed by atoms with Gasteiger partial charge in [-0.15, -0.1) is 24.0 Å². The molecule has 0 fully saturated rings. The van der Waals surface area contributed by atoms with E-state index in [0.29, 0.717) is 0 Å². The van der Waals surface area contributed by atoms with Crippen molar-refractivity contribution in [3.05, 3.63) is 0 Å². The first-order valence-electron chi connectivity index (χ1n) is 7.21. The third-order valence-corrected chi connectivity index (χ3v) is 3.25. The number of hydrogen-bond donors (Lipinski definition) is 2. The van der Waals surface area contributed by atoms with E-state index in [9.17, 15) is 0 Å². The summed E-state index contributed by atoms with van der Waals surface area (Å²) in [6.07, 6.45) is 5.94. The van der Waals surface area contributed by atoms with Crippen molar-refractivity contribution in [2.24, 2.45) is 10.9 Å². The van der Waals surface area contributed by atoms with Gasteiger partial charge in [0.25, 0.3) is 0 Å². The van der Waals surface area contributed by atoms with Gasteiger partial charge in [-0.1, -0.05) is 26.7 Å². The molecule has 116 valence electrons. The minimum absolute atomic E-state index is 0. The maximum Gasteiger partial charge on any atom is 0.190 e. The standard InChI is InChI=1S/C14H31N3O.HI/c1-5-13(6-2)12-17-14(15-3)16-10-8-7-9-11-18-4;/h13H,5-12H2,1-4H3,(H2,15,16,17);1H. The number of nitrogens with one attached hydrogen (secondary N) is 2. The summed E-state index contributed by atoms with van der Waals surface area (Å²) >= 11 is 0. The second-order valence-corrected chi connectivity index (χ2v) is 4.62. The molecule has 0 aromatic heterocycles. The van der Waals surface area contributed by atoms with Crippen LogP contribution in [0.5, 0.6) is 0 Å². The summed E-state index contributed by atoms with van der Waals surface area (Å²) in [5, 5.41) is 6.74. The Hall–Kier alpha value is -0.0400. The number of methoxy groups -OCH3 is 1. The largest absolute Gasteiger partial charge is 0.385 e. The van der Waals surface area contributed by atoms with Gasteiger partial charge in [-0.2, -0.15) is 0 Å². The molecule has 0 radical (unpaired) electrons. The maximum absolute atomic E-state index is 5.02. The van der Waals surface area contributed by atoms with E-state index in [4.69, 9.17) is 4.74 Å². The lowest BCUT2D eigenvalue weighted by Gasteiger charge is -2.16. The van der Waals surface area contributed by atoms with Gasteiger partial charge in [0.15, 0.2) is 5.96 Å². The molecule has 0 bridgehead atoms. The third-order valence-electron chi connectivity index (χ3n) is 3.25. The summed E-state index contributed by atoms with van der Waals surface area (Å²) in [5.74, 6) is 1.67. The lowest BCUT2D eigenvalue weighted by atomic mass is 10.0. The first-order valence-corrected chi connectivity index (χ1v) is 7.21. The molecule has 0 heterocycles. The van der Waals surface area contributed by atoms with Crippen LogP contribution in [0.25, 0.3) is 0 Å². The van der Waals surface area contributed by atoms with Crippen molar-refractivity contribution in [2.45, 2.75) is 46.0 Å². The van der Waals surface area contributed by atoms with Crippen molar-refractivity contribution in [2.75, 3.05) is 33.9 Å². The van der Waals surface area contributed by atoms with Crippen LogP contribution in [0.2, 0.25) is 0 Å². The van der Waals surface area contributed by atoms with Crippen molar-refractivity contribution in [1.82, 2.24) is 10.6 Å². The quantitative estimate of drug-likeness (QED) is 0.263. The van der Waals surface area contributed by atoms with E-state index < -0.39 is 0 Å². The molecule has 0 unspecified atom stereocenters. The van der Waals surface area contributed by atoms with Crippen LogP contribution in [0.15, 0.2) is 4.99 Å². The Morgan fingerprint density at radius 2 is 1.79 bits per heavy atom. The van der Waals surface area contributed by atoms with Crippen LogP contribution in [0, 0.1) is 5.92 Å². The predicted molar refractivity (Wildman–Crippen MR) is 94.6 cm³/mol. The Kier molecular flexibility index (Phi) is 17.9. The van der Waals surface area contributed by atoms with Crippen LogP contribution in [0.3, 0.4) is 0 Å². The van der Waals surface area contributed by atoms with E-state index in [1.807, 2.05) is 7.05 Å². The smallest absolute Gasteiger partial charge is 0.190 e. The van der Waals surface area contributed by atoms with E-state index >= 15 is 0 Å². The van der Waals surface area contributed by atoms with E-state index in [0.717, 1.165) is 44.4 Å². The van der Waals surface area contributed by atoms with Crippen LogP contribution in [0.1, 0.15) is 46.0 Å². The Bertz CT molecular complexity index is 209. The number of unbranched alkanes of at least 4 members (excludes halogenated alkanes) is 2. The number of nitrogens with zero attached hydrogens (tertiary/aromatic N) is 1. The fraction of sp³-hybridized carbons (Fsp3) is 0.929. The molecular formula is C14H32IN3O. The van der Waals surface area contributed by atoms with Gasteiger partial charge in [-0.25, -0.2) is 0 Å². The molecule has 2 N–H and O–H groups in total. The van der Waals surface area contributed by atoms with Crippen LogP contribution >= 0.6 is 24.0 Å². The van der Waals surface area contributed by atoms with Crippen molar-refractivity contribution < 1.29 is 4.74 Å². The van der Waals surface area contributed by atoms with Gasteiger partial charge in [-0.05, 0) is 25.2 Å². The van der Waals surface area contributed by atoms with Crippen LogP contribution in [-0.4, -0.2) is 39.8 Å². The van der Waals surface area contributed by atoms with Crippen LogP contribution < -0.4 is 10.6 Å². The zero-order chi connectivity index (χ0) is 13.6. The van der Waals surface area contributed by atoms with Crippen molar-refractivity contribution in [3.63, 3.8) is 0 Å². The molecule has 4 nitrogen and oxygen atoms in total. The van der Waals surface area contributed by atoms with Crippen molar-refractivity contribution in [3.8, 4) is 0 Å². The summed E-state index contributed by atoms with van der Waals surface area (Å²) < 4.78 is 5.02. The Morgan fingerprint density at radius 3 is 2.32 bits per heavy atom. The molecule has 19 heavy (non-hydrogen) atoms. The number of guanidine groups is 1. The molecule has 0 rings (SSSR count). The lowest BCUT2D eigenvalue weighted by Crippen LogP contribution is -2.40. The highest BCUT2D eigenvalue weighted by molar-refractivity contribution is 14.0. The minimum Gasteiger partial charge on any atom is -0.385 e. The lowest BCUT2D eigenvalue weighted by molar-refractivity contribution is 0.192. The first kappa shape index (κ1) is 21.3. The second-order valence-electron chi connectivity index (χ2n) is 4.62. The van der Waals surface area contributed by atoms with E-state index in [1.165, 1.54) is 19.3 Å². The predicted octanol–water partition coefficient (Wildman–Crippen LogP) is 3.02. The summed E-state index contributed by atoms with van der Waals surface area (Å²) in [7, 11) is 3.58. The molecule has 0 saturated carbocycles. The molecule has 0 saturated heterocycles. The minimum atomic E-state index is 0. The molecule has 0 aromatic carbocycles. The van der Waals surface area contributed by atoms with Gasteiger partial charge in [-0.3, -0.25) is 4.99 Å². The average molecular weight is 385 g/mol. The normalized spacial score (nSPS) is 11.3. The monoisotopic (exact) mass is 385 g/mol. The first-order chi connectivity index (χ1) is 8.78. The van der Waals surface area contributed by atoms with E-state index in [-0.39, 0.29) is 24.0 Å². The highest BCUT2D eigenvalue weighted by atomic mass is 127. The van der Waals surface area contributed by atoms with E-state index in [1.54, 1.807) is 7.11 Å². The Morgan fingerprint density at radius 1 is 1.11 bits per heavy atom. The summed E-state index contributed by atoms with van der Waals surface area (Å²) in [4.78, 5) is 4.23. The van der Waals surface area contributed by atoms with Crippen LogP contribution in [-0.2, 0) is 4.74 Å². The molecule has 0 amide bonds. The zero-order valence-electron chi connectivity index (χ0n) is 13.0. The molecule has 0 spiro atoms. The van der Waals surface area contributed by atoms with Gasteiger partial charge < -0.3 is 15.4 Å². The Labute approximate surface area is 136 Å². The number of ether oxygens (including phenoxy) is 1. The summed E-state index contributed by atoms with van der Waals surface area (Å²) in [6, 6.07) is 0. The molecule has 0 aliphatic heterocycles. The van der Waals surface area contributed by atoms with Gasteiger partial charge in [0, 0.05) is 33.9 Å². The van der Waals surface area contributed by atoms with Crippen molar-refractivity contribution >= 4 is 29.9 Å². The number of aliphatic imine (C=N–C) groups is 1. The molecule has 0 aliphatic rings. The van der Waals surface area contributed by atoms with Crippen molar-refractivity contribution in [1.29, 1.82) is 0 Å². The molecule has 5 heteroatoms. The molecule has 0 aromatic rings. The zero-order valence-corrected chi connectivity index (χ0v) is 15.3. The maximum atomic E-state index is 5.02. The number of rotatable bonds is 10. The fourth-order valence-electron chi connectivity index (χ4n) is 1.79.